The number of aromatic nitrogens is 2. The third kappa shape index (κ3) is 2.80. The lowest BCUT2D eigenvalue weighted by atomic mass is 10.0. The summed E-state index contributed by atoms with van der Waals surface area (Å²) in [5, 5.41) is -0.591. The van der Waals surface area contributed by atoms with Crippen LogP contribution in [0, 0.1) is 13.8 Å². The predicted octanol–water partition coefficient (Wildman–Crippen LogP) is 2.94. The van der Waals surface area contributed by atoms with Gasteiger partial charge in [-0.1, -0.05) is 6.07 Å². The van der Waals surface area contributed by atoms with E-state index in [1.54, 1.807) is 26.0 Å². The number of halogens is 3. The minimum absolute atomic E-state index is 0.0451. The van der Waals surface area contributed by atoms with E-state index in [1.165, 1.54) is 23.6 Å². The van der Waals surface area contributed by atoms with Gasteiger partial charge in [-0.15, -0.1) is 0 Å². The Balaban J connectivity index is 2.33. The van der Waals surface area contributed by atoms with Crippen molar-refractivity contribution in [2.45, 2.75) is 26.6 Å². The molecule has 0 radical (unpaired) electrons. The Hall–Kier alpha value is -3.76. The number of amides is 2. The average Bonchev–Trinajstić information content (AvgIpc) is 3.14. The van der Waals surface area contributed by atoms with Crippen molar-refractivity contribution < 1.29 is 27.5 Å². The monoisotopic (exact) mass is 447 g/mol. The van der Waals surface area contributed by atoms with Crippen molar-refractivity contribution in [1.82, 2.24) is 14.5 Å². The largest absolute Gasteiger partial charge is 0.496 e. The number of aryl methyl sites for hydroxylation is 1. The number of carbonyl (C=O) groups is 2. The van der Waals surface area contributed by atoms with E-state index in [0.717, 1.165) is 0 Å². The number of alkyl halides is 3. The molecule has 1 aliphatic heterocycles. The number of pyridine rings is 1. The lowest BCUT2D eigenvalue weighted by Gasteiger charge is -2.18. The Bertz CT molecular complexity index is 1330. The Morgan fingerprint density at radius 2 is 1.91 bits per heavy atom. The first-order valence-corrected chi connectivity index (χ1v) is 9.53. The maximum atomic E-state index is 14.1. The summed E-state index contributed by atoms with van der Waals surface area (Å²) in [4.78, 5) is 30.2. The number of carbonyl (C=O) groups excluding carboxylic acids is 2. The van der Waals surface area contributed by atoms with E-state index < -0.39 is 34.6 Å². The molecule has 0 spiro atoms. The molecular formula is C21H20F3N5O3. The molecule has 2 aromatic heterocycles. The molecule has 0 bridgehead atoms. The van der Waals surface area contributed by atoms with Gasteiger partial charge in [0.25, 0.3) is 11.8 Å². The number of nitrogens with two attached hydrogens (primary N) is 2. The molecule has 0 atom stereocenters. The topological polar surface area (TPSA) is 116 Å². The molecule has 0 fully saturated rings. The fourth-order valence-corrected chi connectivity index (χ4v) is 4.34. The second-order valence-corrected chi connectivity index (χ2v) is 7.68. The highest BCUT2D eigenvalue weighted by Crippen LogP contribution is 2.45. The Morgan fingerprint density at radius 1 is 1.25 bits per heavy atom. The van der Waals surface area contributed by atoms with E-state index in [-0.39, 0.29) is 29.1 Å². The van der Waals surface area contributed by atoms with Crippen LogP contribution in [0.3, 0.4) is 0 Å². The van der Waals surface area contributed by atoms with Crippen molar-refractivity contribution >= 4 is 28.5 Å². The summed E-state index contributed by atoms with van der Waals surface area (Å²) in [6.07, 6.45) is -4.92. The van der Waals surface area contributed by atoms with E-state index in [9.17, 15) is 22.8 Å². The van der Waals surface area contributed by atoms with Crippen LogP contribution in [0.25, 0.3) is 16.6 Å². The standard InChI is InChI=1S/C21H20F3N5O3/c1-8-5-6-11(32-4)9(2)15(8)29-16-12-10(7-28(3)20(12)31)27-17(21(22,23)24)13(16)14(18(29)25)19(26)30/h5-6H,7,25H2,1-4H3,(H2,26,30). The fourth-order valence-electron chi connectivity index (χ4n) is 4.34. The molecule has 3 aromatic rings. The first-order chi connectivity index (χ1) is 14.9. The number of anilines is 1. The number of nitrogens with zero attached hydrogens (tertiary/aromatic N) is 3. The number of primary amides is 1. The summed E-state index contributed by atoms with van der Waals surface area (Å²) >= 11 is 0. The van der Waals surface area contributed by atoms with Gasteiger partial charge >= 0.3 is 6.18 Å². The smallest absolute Gasteiger partial charge is 0.434 e. The average molecular weight is 447 g/mol. The summed E-state index contributed by atoms with van der Waals surface area (Å²) in [6, 6.07) is 3.41. The highest BCUT2D eigenvalue weighted by molar-refractivity contribution is 6.18. The fraction of sp³-hybridized carbons (Fsp3) is 0.286. The Labute approximate surface area is 180 Å². The van der Waals surface area contributed by atoms with Crippen LogP contribution in [-0.2, 0) is 12.7 Å². The number of fused-ring (bicyclic) bond motifs is 3. The maximum Gasteiger partial charge on any atom is 0.434 e. The van der Waals surface area contributed by atoms with Gasteiger partial charge in [-0.2, -0.15) is 13.2 Å². The van der Waals surface area contributed by atoms with Gasteiger partial charge in [0.15, 0.2) is 5.69 Å². The van der Waals surface area contributed by atoms with Gasteiger partial charge < -0.3 is 21.1 Å². The summed E-state index contributed by atoms with van der Waals surface area (Å²) in [5.74, 6) is -1.54. The van der Waals surface area contributed by atoms with Crippen molar-refractivity contribution in [1.29, 1.82) is 0 Å². The molecule has 168 valence electrons. The second kappa shape index (κ2) is 6.87. The third-order valence-corrected chi connectivity index (χ3v) is 5.71. The zero-order valence-electron chi connectivity index (χ0n) is 17.7. The molecule has 32 heavy (non-hydrogen) atoms. The molecule has 11 heteroatoms. The van der Waals surface area contributed by atoms with Crippen molar-refractivity contribution in [3.05, 3.63) is 45.8 Å². The van der Waals surface area contributed by atoms with Crippen molar-refractivity contribution in [3.63, 3.8) is 0 Å². The summed E-state index contributed by atoms with van der Waals surface area (Å²) in [6.45, 7) is 3.33. The molecule has 0 unspecified atom stereocenters. The maximum absolute atomic E-state index is 14.1. The number of benzene rings is 1. The van der Waals surface area contributed by atoms with E-state index in [4.69, 9.17) is 16.2 Å². The van der Waals surface area contributed by atoms with Gasteiger partial charge in [-0.25, -0.2) is 4.98 Å². The van der Waals surface area contributed by atoms with E-state index in [1.807, 2.05) is 0 Å². The van der Waals surface area contributed by atoms with Crippen molar-refractivity contribution in [2.75, 3.05) is 19.9 Å². The van der Waals surface area contributed by atoms with Gasteiger partial charge in [-0.3, -0.25) is 14.2 Å². The van der Waals surface area contributed by atoms with Crippen molar-refractivity contribution in [3.8, 4) is 11.4 Å². The number of ether oxygens (including phenoxy) is 1. The van der Waals surface area contributed by atoms with Crippen molar-refractivity contribution in [2.24, 2.45) is 5.73 Å². The van der Waals surface area contributed by atoms with Crippen LogP contribution >= 0.6 is 0 Å². The first-order valence-electron chi connectivity index (χ1n) is 9.53. The number of hydrogen-bond acceptors (Lipinski definition) is 5. The summed E-state index contributed by atoms with van der Waals surface area (Å²) < 4.78 is 48.8. The lowest BCUT2D eigenvalue weighted by molar-refractivity contribution is -0.139. The number of methoxy groups -OCH3 is 1. The number of hydrogen-bond donors (Lipinski definition) is 2. The van der Waals surface area contributed by atoms with Crippen LogP contribution < -0.4 is 16.2 Å². The molecule has 3 heterocycles. The summed E-state index contributed by atoms with van der Waals surface area (Å²) in [5.41, 5.74) is 11.2. The van der Waals surface area contributed by atoms with Gasteiger partial charge in [-0.05, 0) is 25.5 Å². The summed E-state index contributed by atoms with van der Waals surface area (Å²) in [7, 11) is 2.91. The van der Waals surface area contributed by atoms with Gasteiger partial charge in [0.2, 0.25) is 0 Å². The van der Waals surface area contributed by atoms with Crippen LogP contribution in [0.5, 0.6) is 5.75 Å². The first kappa shape index (κ1) is 21.5. The SMILES string of the molecule is COc1ccc(C)c(-n2c(N)c(C(N)=O)c3c(C(F)(F)F)nc4c(c32)C(=O)N(C)C4)c1C. The molecule has 4 rings (SSSR count). The van der Waals surface area contributed by atoms with E-state index >= 15 is 0 Å². The normalized spacial score (nSPS) is 13.7. The van der Waals surface area contributed by atoms with Gasteiger partial charge in [0, 0.05) is 18.0 Å². The second-order valence-electron chi connectivity index (χ2n) is 7.68. The van der Waals surface area contributed by atoms with E-state index in [2.05, 4.69) is 4.98 Å². The minimum atomic E-state index is -4.92. The zero-order chi connectivity index (χ0) is 23.7. The van der Waals surface area contributed by atoms with Crippen LogP contribution in [-0.4, -0.2) is 40.4 Å². The predicted molar refractivity (Wildman–Crippen MR) is 111 cm³/mol. The molecule has 1 aliphatic rings. The molecule has 1 aromatic carbocycles. The van der Waals surface area contributed by atoms with Crippen LogP contribution in [0.15, 0.2) is 12.1 Å². The third-order valence-electron chi connectivity index (χ3n) is 5.71. The number of nitrogen functional groups attached to an aromatic ring is 1. The number of rotatable bonds is 3. The molecule has 8 nitrogen and oxygen atoms in total. The van der Waals surface area contributed by atoms with Gasteiger partial charge in [0.05, 0.1) is 41.7 Å². The quantitative estimate of drug-likeness (QED) is 0.640. The minimum Gasteiger partial charge on any atom is -0.496 e. The van der Waals surface area contributed by atoms with E-state index in [0.29, 0.717) is 22.6 Å². The zero-order valence-corrected chi connectivity index (χ0v) is 17.7. The molecule has 0 aliphatic carbocycles. The molecule has 2 amide bonds. The highest BCUT2D eigenvalue weighted by atomic mass is 19.4. The van der Waals surface area contributed by atoms with Gasteiger partial charge in [0.1, 0.15) is 11.6 Å². The molecular weight excluding hydrogens is 427 g/mol. The Morgan fingerprint density at radius 3 is 2.47 bits per heavy atom. The van der Waals surface area contributed by atoms with Crippen LogP contribution in [0.4, 0.5) is 19.0 Å². The highest BCUT2D eigenvalue weighted by Gasteiger charge is 2.43. The molecule has 0 saturated heterocycles. The van der Waals surface area contributed by atoms with Crippen LogP contribution in [0.1, 0.15) is 43.2 Å². The van der Waals surface area contributed by atoms with Crippen LogP contribution in [0.2, 0.25) is 0 Å². The Kier molecular flexibility index (Phi) is 4.61. The lowest BCUT2D eigenvalue weighted by Crippen LogP contribution is -2.18. The molecule has 4 N–H and O–H groups in total. The molecule has 0 saturated carbocycles.